The first kappa shape index (κ1) is 19.4. The highest BCUT2D eigenvalue weighted by molar-refractivity contribution is 6.22. The van der Waals surface area contributed by atoms with Gasteiger partial charge in [-0.1, -0.05) is 91.0 Å². The van der Waals surface area contributed by atoms with Crippen LogP contribution in [0.4, 0.5) is 0 Å². The van der Waals surface area contributed by atoms with E-state index in [0.717, 1.165) is 33.0 Å². The highest BCUT2D eigenvalue weighted by atomic mass is 15.1. The smallest absolute Gasteiger partial charge is 0.0985 e. The van der Waals surface area contributed by atoms with Crippen molar-refractivity contribution < 1.29 is 0 Å². The molecule has 8 rings (SSSR count). The fraction of sp³-hybridized carbons (Fsp3) is 0. The van der Waals surface area contributed by atoms with Crippen LogP contribution in [0.5, 0.6) is 0 Å². The third-order valence-electron chi connectivity index (χ3n) is 7.33. The van der Waals surface area contributed by atoms with E-state index < -0.39 is 0 Å². The largest absolute Gasteiger partial charge is 0.307 e. The summed E-state index contributed by atoms with van der Waals surface area (Å²) in [6.07, 6.45) is 2.05. The lowest BCUT2D eigenvalue weighted by molar-refractivity contribution is 1.15. The molecule has 0 N–H and O–H groups in total. The van der Waals surface area contributed by atoms with Crippen molar-refractivity contribution in [3.63, 3.8) is 0 Å². The van der Waals surface area contributed by atoms with Crippen LogP contribution in [0.3, 0.4) is 0 Å². The Morgan fingerprint density at radius 1 is 0.444 bits per heavy atom. The molecule has 0 radical (unpaired) electrons. The van der Waals surface area contributed by atoms with Gasteiger partial charge in [-0.3, -0.25) is 4.98 Å². The third-order valence-corrected chi connectivity index (χ3v) is 7.33. The van der Waals surface area contributed by atoms with Gasteiger partial charge in [0.15, 0.2) is 0 Å². The van der Waals surface area contributed by atoms with Crippen LogP contribution in [-0.4, -0.2) is 14.1 Å². The van der Waals surface area contributed by atoms with E-state index in [1.807, 2.05) is 0 Å². The molecular formula is C33H21N3. The first-order valence-electron chi connectivity index (χ1n) is 12.2. The zero-order valence-corrected chi connectivity index (χ0v) is 19.5. The summed E-state index contributed by atoms with van der Waals surface area (Å²) in [5.41, 5.74) is 7.98. The predicted molar refractivity (Wildman–Crippen MR) is 150 cm³/mol. The van der Waals surface area contributed by atoms with E-state index in [1.54, 1.807) is 0 Å². The van der Waals surface area contributed by atoms with Crippen LogP contribution in [0, 0.1) is 0 Å². The maximum atomic E-state index is 5.09. The molecule has 0 unspecified atom stereocenters. The molecule has 0 atom stereocenters. The Labute approximate surface area is 207 Å². The minimum Gasteiger partial charge on any atom is -0.307 e. The van der Waals surface area contributed by atoms with Crippen LogP contribution in [0.2, 0.25) is 0 Å². The van der Waals surface area contributed by atoms with Gasteiger partial charge in [-0.15, -0.1) is 0 Å². The Bertz CT molecular complexity index is 2090. The number of hydrogen-bond acceptors (Lipinski definition) is 1. The van der Waals surface area contributed by atoms with Crippen molar-refractivity contribution in [3.8, 4) is 11.4 Å². The number of pyridine rings is 1. The predicted octanol–water partition coefficient (Wildman–Crippen LogP) is 8.43. The molecule has 0 saturated heterocycles. The number of hydrogen-bond donors (Lipinski definition) is 0. The fourth-order valence-corrected chi connectivity index (χ4v) is 5.83. The SMILES string of the molecule is c1ccc(-n2c3ccccc3c3cnc4c5ccccc5n(-c5cccc6ccccc56)c4c32)cc1. The standard InChI is InChI=1S/C33H21N3/c1-2-13-23(14-3-1)35-29-18-8-6-16-25(29)27-21-34-31-26-17-7-9-19-30(26)36(33(31)32(27)35)28-20-10-12-22-11-4-5-15-24(22)28/h1-21H. The average molecular weight is 460 g/mol. The van der Waals surface area contributed by atoms with E-state index in [4.69, 9.17) is 4.98 Å². The van der Waals surface area contributed by atoms with Gasteiger partial charge in [0.25, 0.3) is 0 Å². The minimum absolute atomic E-state index is 1.02. The summed E-state index contributed by atoms with van der Waals surface area (Å²) >= 11 is 0. The van der Waals surface area contributed by atoms with Gasteiger partial charge in [0.05, 0.1) is 33.3 Å². The molecule has 8 aromatic rings. The van der Waals surface area contributed by atoms with Crippen molar-refractivity contribution in [1.82, 2.24) is 14.1 Å². The second-order valence-electron chi connectivity index (χ2n) is 9.26. The summed E-state index contributed by atoms with van der Waals surface area (Å²) in [5.74, 6) is 0. The van der Waals surface area contributed by atoms with E-state index >= 15 is 0 Å². The van der Waals surface area contributed by atoms with E-state index in [1.165, 1.54) is 32.9 Å². The molecule has 0 aliphatic carbocycles. The Morgan fingerprint density at radius 3 is 1.92 bits per heavy atom. The number of benzene rings is 5. The van der Waals surface area contributed by atoms with Gasteiger partial charge < -0.3 is 9.13 Å². The van der Waals surface area contributed by atoms with Gasteiger partial charge in [-0.2, -0.15) is 0 Å². The lowest BCUT2D eigenvalue weighted by Crippen LogP contribution is -1.99. The van der Waals surface area contributed by atoms with Gasteiger partial charge in [0, 0.05) is 33.4 Å². The summed E-state index contributed by atoms with van der Waals surface area (Å²) in [4.78, 5) is 5.09. The van der Waals surface area contributed by atoms with Crippen molar-refractivity contribution in [2.24, 2.45) is 0 Å². The maximum Gasteiger partial charge on any atom is 0.0985 e. The van der Waals surface area contributed by atoms with Crippen LogP contribution < -0.4 is 0 Å². The van der Waals surface area contributed by atoms with Crippen molar-refractivity contribution >= 4 is 54.5 Å². The van der Waals surface area contributed by atoms with Gasteiger partial charge in [-0.05, 0) is 35.7 Å². The Hall–Kier alpha value is -4.89. The summed E-state index contributed by atoms with van der Waals surface area (Å²) in [7, 11) is 0. The maximum absolute atomic E-state index is 5.09. The monoisotopic (exact) mass is 459 g/mol. The van der Waals surface area contributed by atoms with Gasteiger partial charge >= 0.3 is 0 Å². The fourth-order valence-electron chi connectivity index (χ4n) is 5.83. The summed E-state index contributed by atoms with van der Waals surface area (Å²) in [6.45, 7) is 0. The average Bonchev–Trinajstić information content (AvgIpc) is 3.46. The highest BCUT2D eigenvalue weighted by Crippen LogP contribution is 2.41. The lowest BCUT2D eigenvalue weighted by atomic mass is 10.1. The lowest BCUT2D eigenvalue weighted by Gasteiger charge is -2.14. The van der Waals surface area contributed by atoms with Crippen molar-refractivity contribution in [3.05, 3.63) is 128 Å². The van der Waals surface area contributed by atoms with Crippen molar-refractivity contribution in [2.45, 2.75) is 0 Å². The molecule has 3 aromatic heterocycles. The zero-order chi connectivity index (χ0) is 23.6. The normalized spacial score (nSPS) is 11.9. The number of aromatic nitrogens is 3. The molecule has 0 aliphatic rings. The minimum atomic E-state index is 1.02. The summed E-state index contributed by atoms with van der Waals surface area (Å²) in [6, 6.07) is 43.1. The van der Waals surface area contributed by atoms with E-state index in [0.29, 0.717) is 0 Å². The topological polar surface area (TPSA) is 22.8 Å². The molecule has 5 aromatic carbocycles. The Balaban J connectivity index is 1.68. The molecule has 3 nitrogen and oxygen atoms in total. The molecule has 0 bridgehead atoms. The van der Waals surface area contributed by atoms with E-state index in [2.05, 4.69) is 137 Å². The molecule has 3 heteroatoms. The highest BCUT2D eigenvalue weighted by Gasteiger charge is 2.22. The molecule has 168 valence electrons. The number of para-hydroxylation sites is 3. The Kier molecular flexibility index (Phi) is 3.94. The molecule has 0 amide bonds. The van der Waals surface area contributed by atoms with Gasteiger partial charge in [0.1, 0.15) is 0 Å². The van der Waals surface area contributed by atoms with Crippen molar-refractivity contribution in [2.75, 3.05) is 0 Å². The number of rotatable bonds is 2. The van der Waals surface area contributed by atoms with Gasteiger partial charge in [0.2, 0.25) is 0 Å². The molecule has 0 fully saturated rings. The molecule has 0 spiro atoms. The first-order valence-corrected chi connectivity index (χ1v) is 12.2. The van der Waals surface area contributed by atoms with Crippen LogP contribution in [0.1, 0.15) is 0 Å². The van der Waals surface area contributed by atoms with Crippen LogP contribution in [-0.2, 0) is 0 Å². The Morgan fingerprint density at radius 2 is 1.08 bits per heavy atom. The summed E-state index contributed by atoms with van der Waals surface area (Å²) < 4.78 is 4.82. The van der Waals surface area contributed by atoms with Crippen LogP contribution >= 0.6 is 0 Å². The third kappa shape index (κ3) is 2.54. The number of nitrogens with zero attached hydrogens (tertiary/aromatic N) is 3. The molecule has 0 saturated carbocycles. The molecule has 0 aliphatic heterocycles. The molecular weight excluding hydrogens is 438 g/mol. The number of fused-ring (bicyclic) bond motifs is 8. The molecule has 3 heterocycles. The van der Waals surface area contributed by atoms with Crippen molar-refractivity contribution in [1.29, 1.82) is 0 Å². The quantitative estimate of drug-likeness (QED) is 0.254. The first-order chi connectivity index (χ1) is 17.9. The second kappa shape index (κ2) is 7.30. The van der Waals surface area contributed by atoms with Gasteiger partial charge in [-0.25, -0.2) is 0 Å². The zero-order valence-electron chi connectivity index (χ0n) is 19.5. The second-order valence-corrected chi connectivity index (χ2v) is 9.26. The van der Waals surface area contributed by atoms with E-state index in [-0.39, 0.29) is 0 Å². The van der Waals surface area contributed by atoms with Crippen LogP contribution in [0.15, 0.2) is 128 Å². The van der Waals surface area contributed by atoms with Crippen LogP contribution in [0.25, 0.3) is 65.9 Å². The molecule has 36 heavy (non-hydrogen) atoms. The van der Waals surface area contributed by atoms with E-state index in [9.17, 15) is 0 Å². The summed E-state index contributed by atoms with van der Waals surface area (Å²) in [5, 5.41) is 5.98.